The van der Waals surface area contributed by atoms with Crippen molar-refractivity contribution in [2.45, 2.75) is 19.8 Å². The number of morpholine rings is 1. The number of aliphatic imine (C=N–C) groups is 1. The summed E-state index contributed by atoms with van der Waals surface area (Å²) in [6.45, 7) is 7.08. The maximum atomic E-state index is 12.5. The average Bonchev–Trinajstić information content (AvgIpc) is 3.10. The fourth-order valence-electron chi connectivity index (χ4n) is 3.01. The third kappa shape index (κ3) is 3.54. The molecule has 1 fully saturated rings. The van der Waals surface area contributed by atoms with Crippen molar-refractivity contribution in [2.24, 2.45) is 10.1 Å². The van der Waals surface area contributed by atoms with Gasteiger partial charge in [0.25, 0.3) is 5.91 Å². The minimum Gasteiger partial charge on any atom is -0.378 e. The number of hydrogen-bond donors (Lipinski definition) is 1. The number of amides is 1. The molecule has 0 aromatic heterocycles. The van der Waals surface area contributed by atoms with E-state index in [-0.39, 0.29) is 11.4 Å². The van der Waals surface area contributed by atoms with Gasteiger partial charge >= 0.3 is 0 Å². The number of hydrazone groups is 1. The van der Waals surface area contributed by atoms with Crippen molar-refractivity contribution >= 4 is 39.9 Å². The maximum Gasteiger partial charge on any atom is 0.283 e. The summed E-state index contributed by atoms with van der Waals surface area (Å²) in [7, 11) is 0. The molecule has 0 atom stereocenters. The Morgan fingerprint density at radius 3 is 2.56 bits per heavy atom. The summed E-state index contributed by atoms with van der Waals surface area (Å²) in [6.07, 6.45) is 1.71. The van der Waals surface area contributed by atoms with E-state index in [9.17, 15) is 4.79 Å². The van der Waals surface area contributed by atoms with Gasteiger partial charge in [-0.1, -0.05) is 38.1 Å². The molecule has 1 N–H and O–H groups in total. The standard InChI is InChI=1S/C19H21N5O2S/c1-12(2)14-5-3-13(4-6-14)11-15-16(20)24-18(21-17(15)25)27-19(22-24)23-7-9-26-10-8-23/h3-6,11-12,20H,7-10H2,1-2H3/b15-11-,20-16?. The highest BCUT2D eigenvalue weighted by Crippen LogP contribution is 2.30. The Kier molecular flexibility index (Phi) is 4.84. The number of nitrogens with one attached hydrogen (secondary N) is 1. The summed E-state index contributed by atoms with van der Waals surface area (Å²) in [4.78, 5) is 18.7. The Morgan fingerprint density at radius 1 is 1.19 bits per heavy atom. The summed E-state index contributed by atoms with van der Waals surface area (Å²) in [5, 5.41) is 15.6. The van der Waals surface area contributed by atoms with Crippen LogP contribution < -0.4 is 0 Å². The van der Waals surface area contributed by atoms with Crippen LogP contribution in [0.4, 0.5) is 0 Å². The lowest BCUT2D eigenvalue weighted by atomic mass is 10.0. The normalized spacial score (nSPS) is 21.7. The van der Waals surface area contributed by atoms with Crippen LogP contribution in [-0.2, 0) is 9.53 Å². The van der Waals surface area contributed by atoms with E-state index in [1.54, 1.807) is 6.08 Å². The highest BCUT2D eigenvalue weighted by molar-refractivity contribution is 8.26. The van der Waals surface area contributed by atoms with E-state index in [0.29, 0.717) is 24.3 Å². The second-order valence-corrected chi connectivity index (χ2v) is 7.76. The molecule has 0 bridgehead atoms. The predicted octanol–water partition coefficient (Wildman–Crippen LogP) is 2.72. The van der Waals surface area contributed by atoms with Crippen LogP contribution in [0.3, 0.4) is 0 Å². The number of rotatable bonds is 2. The molecule has 0 unspecified atom stereocenters. The summed E-state index contributed by atoms with van der Waals surface area (Å²) in [5.41, 5.74) is 2.36. The fraction of sp³-hybridized carbons (Fsp3) is 0.368. The predicted molar refractivity (Wildman–Crippen MR) is 108 cm³/mol. The minimum atomic E-state index is -0.398. The summed E-state index contributed by atoms with van der Waals surface area (Å²) in [5.74, 6) is 0.113. The van der Waals surface area contributed by atoms with Crippen LogP contribution in [0.5, 0.6) is 0 Å². The highest BCUT2D eigenvalue weighted by atomic mass is 32.2. The molecule has 3 aliphatic heterocycles. The van der Waals surface area contributed by atoms with Crippen molar-refractivity contribution < 1.29 is 9.53 Å². The number of thioether (sulfide) groups is 1. The van der Waals surface area contributed by atoms with Crippen molar-refractivity contribution in [2.75, 3.05) is 26.3 Å². The third-order valence-corrected chi connectivity index (χ3v) is 5.61. The van der Waals surface area contributed by atoms with Gasteiger partial charge in [-0.15, -0.1) is 5.10 Å². The van der Waals surface area contributed by atoms with Crippen LogP contribution in [0.1, 0.15) is 30.9 Å². The van der Waals surface area contributed by atoms with Crippen molar-refractivity contribution in [3.05, 3.63) is 41.0 Å². The lowest BCUT2D eigenvalue weighted by molar-refractivity contribution is -0.114. The van der Waals surface area contributed by atoms with E-state index >= 15 is 0 Å². The molecule has 140 valence electrons. The van der Waals surface area contributed by atoms with Gasteiger partial charge in [0.2, 0.25) is 5.17 Å². The van der Waals surface area contributed by atoms with Gasteiger partial charge < -0.3 is 9.64 Å². The molecule has 3 aliphatic rings. The number of carbonyl (C=O) groups excluding carboxylic acids is 1. The fourth-order valence-corrected chi connectivity index (χ4v) is 3.95. The maximum absolute atomic E-state index is 12.5. The number of carbonyl (C=O) groups is 1. The van der Waals surface area contributed by atoms with Gasteiger partial charge in [0.05, 0.1) is 18.8 Å². The van der Waals surface area contributed by atoms with Gasteiger partial charge in [0.15, 0.2) is 11.0 Å². The Hall–Kier alpha value is -2.45. The Balaban J connectivity index is 1.59. The highest BCUT2D eigenvalue weighted by Gasteiger charge is 2.37. The van der Waals surface area contributed by atoms with Crippen molar-refractivity contribution in [3.63, 3.8) is 0 Å². The van der Waals surface area contributed by atoms with Gasteiger partial charge in [-0.25, -0.2) is 0 Å². The molecule has 0 radical (unpaired) electrons. The van der Waals surface area contributed by atoms with Crippen LogP contribution >= 0.6 is 11.8 Å². The molecular weight excluding hydrogens is 362 g/mol. The van der Waals surface area contributed by atoms with E-state index < -0.39 is 5.91 Å². The Morgan fingerprint density at radius 2 is 1.89 bits per heavy atom. The van der Waals surface area contributed by atoms with Crippen LogP contribution in [0.15, 0.2) is 39.9 Å². The monoisotopic (exact) mass is 383 g/mol. The van der Waals surface area contributed by atoms with E-state index in [1.165, 1.54) is 22.3 Å². The van der Waals surface area contributed by atoms with Gasteiger partial charge in [0, 0.05) is 13.1 Å². The van der Waals surface area contributed by atoms with Gasteiger partial charge in [-0.2, -0.15) is 10.0 Å². The SMILES string of the molecule is CC(C)c1ccc(/C=C2/C(=N)N3N=C(N4CCOCC4)SC3=NC2=O)cc1. The van der Waals surface area contributed by atoms with E-state index in [1.807, 2.05) is 24.3 Å². The molecule has 3 heterocycles. The van der Waals surface area contributed by atoms with Crippen molar-refractivity contribution in [1.29, 1.82) is 5.41 Å². The van der Waals surface area contributed by atoms with Crippen LogP contribution in [0.25, 0.3) is 6.08 Å². The minimum absolute atomic E-state index is 0.0636. The quantitative estimate of drug-likeness (QED) is 0.794. The topological polar surface area (TPSA) is 81.3 Å². The zero-order valence-corrected chi connectivity index (χ0v) is 16.1. The first-order valence-corrected chi connectivity index (χ1v) is 9.77. The number of nitrogens with zero attached hydrogens (tertiary/aromatic N) is 4. The third-order valence-electron chi connectivity index (χ3n) is 4.64. The van der Waals surface area contributed by atoms with Gasteiger partial charge in [-0.3, -0.25) is 10.2 Å². The molecule has 4 rings (SSSR count). The number of hydrogen-bond acceptors (Lipinski definition) is 6. The molecule has 1 amide bonds. The molecule has 8 heteroatoms. The van der Waals surface area contributed by atoms with Crippen LogP contribution in [0, 0.1) is 5.41 Å². The molecule has 1 aromatic carbocycles. The molecule has 27 heavy (non-hydrogen) atoms. The van der Waals surface area contributed by atoms with E-state index in [0.717, 1.165) is 23.8 Å². The number of amidine groups is 3. The molecule has 0 spiro atoms. The first kappa shape index (κ1) is 17.9. The van der Waals surface area contributed by atoms with Crippen molar-refractivity contribution in [1.82, 2.24) is 9.91 Å². The molecule has 1 saturated heterocycles. The Labute approximate surface area is 162 Å². The Bertz CT molecular complexity index is 867. The number of ether oxygens (including phenoxy) is 1. The lowest BCUT2D eigenvalue weighted by Crippen LogP contribution is -2.39. The first-order chi connectivity index (χ1) is 13.0. The van der Waals surface area contributed by atoms with Gasteiger partial charge in [0.1, 0.15) is 0 Å². The molecule has 0 saturated carbocycles. The second kappa shape index (κ2) is 7.28. The zero-order valence-electron chi connectivity index (χ0n) is 15.3. The molecule has 1 aromatic rings. The molecule has 7 nitrogen and oxygen atoms in total. The number of benzene rings is 1. The van der Waals surface area contributed by atoms with Crippen LogP contribution in [0.2, 0.25) is 0 Å². The van der Waals surface area contributed by atoms with Gasteiger partial charge in [-0.05, 0) is 34.9 Å². The first-order valence-electron chi connectivity index (χ1n) is 8.96. The summed E-state index contributed by atoms with van der Waals surface area (Å²) >= 11 is 1.33. The lowest BCUT2D eigenvalue weighted by Gasteiger charge is -2.26. The zero-order chi connectivity index (χ0) is 19.0. The van der Waals surface area contributed by atoms with Crippen LogP contribution in [-0.4, -0.2) is 58.3 Å². The number of fused-ring (bicyclic) bond motifs is 1. The second-order valence-electron chi connectivity index (χ2n) is 6.82. The molecular formula is C19H21N5O2S. The summed E-state index contributed by atoms with van der Waals surface area (Å²) < 4.78 is 5.37. The largest absolute Gasteiger partial charge is 0.378 e. The smallest absolute Gasteiger partial charge is 0.283 e. The van der Waals surface area contributed by atoms with E-state index in [2.05, 4.69) is 28.8 Å². The molecule has 0 aliphatic carbocycles. The van der Waals surface area contributed by atoms with E-state index in [4.69, 9.17) is 10.1 Å². The average molecular weight is 383 g/mol. The van der Waals surface area contributed by atoms with Crippen molar-refractivity contribution in [3.8, 4) is 0 Å². The summed E-state index contributed by atoms with van der Waals surface area (Å²) in [6, 6.07) is 8.01.